The Hall–Kier alpha value is -2.44. The van der Waals surface area contributed by atoms with Crippen molar-refractivity contribution >= 4 is 5.97 Å². The molecular weight excluding hydrogens is 250 g/mol. The zero-order valence-electron chi connectivity index (χ0n) is 10.6. The second kappa shape index (κ2) is 5.05. The summed E-state index contributed by atoms with van der Waals surface area (Å²) in [6.45, 7) is 3.54. The Labute approximate surface area is 108 Å². The number of carbonyl (C=O) groups is 1. The molecule has 0 aliphatic heterocycles. The highest BCUT2D eigenvalue weighted by Crippen LogP contribution is 2.11. The van der Waals surface area contributed by atoms with Gasteiger partial charge in [-0.1, -0.05) is 5.16 Å². The van der Waals surface area contributed by atoms with Gasteiger partial charge < -0.3 is 14.2 Å². The zero-order chi connectivity index (χ0) is 14.0. The third-order valence-electron chi connectivity index (χ3n) is 2.95. The van der Waals surface area contributed by atoms with Crippen molar-refractivity contribution in [3.8, 4) is 0 Å². The lowest BCUT2D eigenvalue weighted by Crippen LogP contribution is -2.26. The maximum atomic E-state index is 11.9. The van der Waals surface area contributed by atoms with E-state index < -0.39 is 5.97 Å². The van der Waals surface area contributed by atoms with Gasteiger partial charge in [-0.05, 0) is 19.4 Å². The van der Waals surface area contributed by atoms with Gasteiger partial charge in [0.05, 0.1) is 5.56 Å². The maximum Gasteiger partial charge on any atom is 0.337 e. The summed E-state index contributed by atoms with van der Waals surface area (Å²) in [5.74, 6) is -0.563. The van der Waals surface area contributed by atoms with E-state index in [9.17, 15) is 9.59 Å². The standard InChI is InChI=1S/C12H13N3O4/c1-7-5-10(16)15(8(2)11(7)12(17)18)4-3-9-13-6-19-14-9/h5-6H,3-4H2,1-2H3,(H,17,18). The highest BCUT2D eigenvalue weighted by atomic mass is 16.5. The first kappa shape index (κ1) is 13.0. The lowest BCUT2D eigenvalue weighted by atomic mass is 10.1. The molecule has 2 rings (SSSR count). The second-order valence-corrected chi connectivity index (χ2v) is 4.18. The number of aryl methyl sites for hydroxylation is 2. The number of aromatic carboxylic acids is 1. The molecule has 0 atom stereocenters. The van der Waals surface area contributed by atoms with E-state index >= 15 is 0 Å². The Kier molecular flexibility index (Phi) is 3.46. The molecule has 1 N–H and O–H groups in total. The van der Waals surface area contributed by atoms with Crippen LogP contribution in [0.4, 0.5) is 0 Å². The number of carboxylic acids is 1. The molecule has 7 nitrogen and oxygen atoms in total. The minimum absolute atomic E-state index is 0.160. The Morgan fingerprint density at radius 2 is 2.21 bits per heavy atom. The summed E-state index contributed by atoms with van der Waals surface area (Å²) in [6, 6.07) is 1.33. The maximum absolute atomic E-state index is 11.9. The molecule has 0 spiro atoms. The van der Waals surface area contributed by atoms with Crippen molar-refractivity contribution in [1.82, 2.24) is 14.7 Å². The fraction of sp³-hybridized carbons (Fsp3) is 0.333. The monoisotopic (exact) mass is 263 g/mol. The molecule has 0 aliphatic rings. The first-order valence-electron chi connectivity index (χ1n) is 5.70. The predicted molar refractivity (Wildman–Crippen MR) is 65.1 cm³/mol. The molecule has 0 unspecified atom stereocenters. The van der Waals surface area contributed by atoms with Crippen LogP contribution in [0, 0.1) is 13.8 Å². The fourth-order valence-electron chi connectivity index (χ4n) is 2.04. The van der Waals surface area contributed by atoms with Gasteiger partial charge in [-0.25, -0.2) is 4.79 Å². The summed E-state index contributed by atoms with van der Waals surface area (Å²) in [4.78, 5) is 26.9. The predicted octanol–water partition coefficient (Wildman–Crippen LogP) is 0.789. The van der Waals surface area contributed by atoms with Crippen molar-refractivity contribution in [2.75, 3.05) is 0 Å². The molecule has 2 aromatic heterocycles. The van der Waals surface area contributed by atoms with Crippen LogP contribution in [0.2, 0.25) is 0 Å². The van der Waals surface area contributed by atoms with Gasteiger partial charge in [0, 0.05) is 24.7 Å². The SMILES string of the molecule is Cc1cc(=O)n(CCc2ncon2)c(C)c1C(=O)O. The van der Waals surface area contributed by atoms with Gasteiger partial charge in [0.1, 0.15) is 0 Å². The Bertz CT molecular complexity index is 658. The van der Waals surface area contributed by atoms with Crippen molar-refractivity contribution in [2.24, 2.45) is 0 Å². The van der Waals surface area contributed by atoms with Crippen LogP contribution in [-0.4, -0.2) is 25.8 Å². The van der Waals surface area contributed by atoms with Crippen LogP contribution in [-0.2, 0) is 13.0 Å². The number of hydrogen-bond donors (Lipinski definition) is 1. The van der Waals surface area contributed by atoms with Crippen LogP contribution < -0.4 is 5.56 Å². The number of carboxylic acid groups (broad SMARTS) is 1. The van der Waals surface area contributed by atoms with E-state index in [1.807, 2.05) is 0 Å². The molecule has 0 fully saturated rings. The van der Waals surface area contributed by atoms with Crippen molar-refractivity contribution in [2.45, 2.75) is 26.8 Å². The molecule has 7 heteroatoms. The van der Waals surface area contributed by atoms with Crippen molar-refractivity contribution in [1.29, 1.82) is 0 Å². The first-order chi connectivity index (χ1) is 9.00. The average molecular weight is 263 g/mol. The quantitative estimate of drug-likeness (QED) is 0.875. The van der Waals surface area contributed by atoms with E-state index in [-0.39, 0.29) is 11.1 Å². The van der Waals surface area contributed by atoms with Crippen LogP contribution in [0.1, 0.15) is 27.4 Å². The van der Waals surface area contributed by atoms with Crippen LogP contribution in [0.25, 0.3) is 0 Å². The Balaban J connectivity index is 2.37. The average Bonchev–Trinajstić information content (AvgIpc) is 2.80. The summed E-state index contributed by atoms with van der Waals surface area (Å²) in [7, 11) is 0. The first-order valence-corrected chi connectivity index (χ1v) is 5.70. The van der Waals surface area contributed by atoms with E-state index in [1.54, 1.807) is 13.8 Å². The molecule has 2 aromatic rings. The summed E-state index contributed by atoms with van der Waals surface area (Å²) < 4.78 is 6.01. The van der Waals surface area contributed by atoms with E-state index in [4.69, 9.17) is 5.11 Å². The van der Waals surface area contributed by atoms with Gasteiger partial charge >= 0.3 is 5.97 Å². The number of nitrogens with zero attached hydrogens (tertiary/aromatic N) is 3. The topological polar surface area (TPSA) is 98.2 Å². The summed E-state index contributed by atoms with van der Waals surface area (Å²) >= 11 is 0. The van der Waals surface area contributed by atoms with Gasteiger partial charge in [-0.2, -0.15) is 4.98 Å². The van der Waals surface area contributed by atoms with Crippen LogP contribution in [0.5, 0.6) is 0 Å². The van der Waals surface area contributed by atoms with Gasteiger partial charge in [-0.15, -0.1) is 0 Å². The molecule has 0 amide bonds. The van der Waals surface area contributed by atoms with Crippen LogP contribution >= 0.6 is 0 Å². The summed E-state index contributed by atoms with van der Waals surface area (Å²) in [5.41, 5.74) is 0.822. The van der Waals surface area contributed by atoms with Gasteiger partial charge in [0.15, 0.2) is 5.82 Å². The highest BCUT2D eigenvalue weighted by molar-refractivity contribution is 5.90. The number of rotatable bonds is 4. The molecule has 0 saturated carbocycles. The third-order valence-corrected chi connectivity index (χ3v) is 2.95. The minimum atomic E-state index is -1.04. The Morgan fingerprint density at radius 1 is 1.47 bits per heavy atom. The summed E-state index contributed by atoms with van der Waals surface area (Å²) in [5, 5.41) is 12.8. The molecular formula is C12H13N3O4. The van der Waals surface area contributed by atoms with Crippen LogP contribution in [0.15, 0.2) is 21.8 Å². The molecule has 0 saturated heterocycles. The molecule has 19 heavy (non-hydrogen) atoms. The zero-order valence-corrected chi connectivity index (χ0v) is 10.6. The smallest absolute Gasteiger partial charge is 0.337 e. The number of pyridine rings is 1. The highest BCUT2D eigenvalue weighted by Gasteiger charge is 2.15. The minimum Gasteiger partial charge on any atom is -0.478 e. The van der Waals surface area contributed by atoms with Gasteiger partial charge in [0.25, 0.3) is 5.56 Å². The van der Waals surface area contributed by atoms with E-state index in [1.165, 1.54) is 17.0 Å². The fourth-order valence-corrected chi connectivity index (χ4v) is 2.04. The lowest BCUT2D eigenvalue weighted by molar-refractivity contribution is 0.0694. The van der Waals surface area contributed by atoms with Crippen molar-refractivity contribution in [3.05, 3.63) is 45.5 Å². The van der Waals surface area contributed by atoms with E-state index in [0.717, 1.165) is 0 Å². The molecule has 100 valence electrons. The molecule has 0 aromatic carbocycles. The number of aromatic nitrogens is 3. The molecule has 2 heterocycles. The van der Waals surface area contributed by atoms with Gasteiger partial charge in [0.2, 0.25) is 6.39 Å². The summed E-state index contributed by atoms with van der Waals surface area (Å²) in [6.07, 6.45) is 1.61. The lowest BCUT2D eigenvalue weighted by Gasteiger charge is -2.13. The normalized spacial score (nSPS) is 10.6. The third kappa shape index (κ3) is 2.54. The van der Waals surface area contributed by atoms with E-state index in [2.05, 4.69) is 14.7 Å². The molecule has 0 radical (unpaired) electrons. The van der Waals surface area contributed by atoms with Crippen molar-refractivity contribution in [3.63, 3.8) is 0 Å². The molecule has 0 bridgehead atoms. The Morgan fingerprint density at radius 3 is 2.79 bits per heavy atom. The van der Waals surface area contributed by atoms with Crippen molar-refractivity contribution < 1.29 is 14.4 Å². The largest absolute Gasteiger partial charge is 0.478 e. The molecule has 0 aliphatic carbocycles. The van der Waals surface area contributed by atoms with Gasteiger partial charge in [-0.3, -0.25) is 4.79 Å². The van der Waals surface area contributed by atoms with E-state index in [0.29, 0.717) is 30.0 Å². The van der Waals surface area contributed by atoms with Crippen LogP contribution in [0.3, 0.4) is 0 Å². The second-order valence-electron chi connectivity index (χ2n) is 4.18. The number of hydrogen-bond acceptors (Lipinski definition) is 5.